The van der Waals surface area contributed by atoms with Gasteiger partial charge >= 0.3 is 0 Å². The third kappa shape index (κ3) is 3.22. The topological polar surface area (TPSA) is 83.6 Å². The van der Waals surface area contributed by atoms with Crippen LogP contribution in [0.2, 0.25) is 0 Å². The molecule has 3 rings (SSSR count). The van der Waals surface area contributed by atoms with Gasteiger partial charge in [0.25, 0.3) is 15.9 Å². The Morgan fingerprint density at radius 3 is 2.27 bits per heavy atom. The Morgan fingerprint density at radius 2 is 1.65 bits per heavy atom. The van der Waals surface area contributed by atoms with Gasteiger partial charge in [-0.25, -0.2) is 12.7 Å². The monoisotopic (exact) mass is 372 g/mol. The minimum absolute atomic E-state index is 0.0544. The van der Waals surface area contributed by atoms with Gasteiger partial charge in [-0.05, 0) is 23.6 Å². The Kier molecular flexibility index (Phi) is 4.82. The van der Waals surface area contributed by atoms with Crippen molar-refractivity contribution < 1.29 is 18.0 Å². The summed E-state index contributed by atoms with van der Waals surface area (Å²) in [5, 5.41) is 2.85. The molecule has 2 aromatic carbocycles. The van der Waals surface area contributed by atoms with E-state index in [1.807, 2.05) is 44.2 Å². The molecule has 0 aliphatic carbocycles. The Balaban J connectivity index is 1.79. The van der Waals surface area contributed by atoms with Crippen molar-refractivity contribution in [3.8, 4) is 0 Å². The fourth-order valence-corrected chi connectivity index (χ4v) is 4.56. The molecule has 1 atom stereocenters. The van der Waals surface area contributed by atoms with Gasteiger partial charge in [0, 0.05) is 0 Å². The van der Waals surface area contributed by atoms with Crippen molar-refractivity contribution >= 4 is 21.8 Å². The Hall–Kier alpha value is -2.67. The summed E-state index contributed by atoms with van der Waals surface area (Å²) in [5.41, 5.74) is 1.03. The fraction of sp³-hybridized carbons (Fsp3) is 0.263. The van der Waals surface area contributed by atoms with Crippen LogP contribution in [-0.4, -0.2) is 31.1 Å². The van der Waals surface area contributed by atoms with Gasteiger partial charge in [-0.2, -0.15) is 0 Å². The van der Waals surface area contributed by atoms with E-state index in [1.165, 1.54) is 12.1 Å². The summed E-state index contributed by atoms with van der Waals surface area (Å²) in [5.74, 6) is -1.08. The first kappa shape index (κ1) is 18.1. The number of hydrogen-bond donors (Lipinski definition) is 1. The Labute approximate surface area is 152 Å². The molecule has 2 amide bonds. The number of carbonyl (C=O) groups is 2. The molecule has 2 aromatic rings. The number of sulfonamides is 1. The zero-order valence-electron chi connectivity index (χ0n) is 14.5. The maximum absolute atomic E-state index is 12.5. The smallest absolute Gasteiger partial charge is 0.269 e. The molecule has 0 saturated heterocycles. The lowest BCUT2D eigenvalue weighted by atomic mass is 9.96. The second kappa shape index (κ2) is 6.92. The zero-order valence-corrected chi connectivity index (χ0v) is 15.4. The van der Waals surface area contributed by atoms with E-state index < -0.39 is 28.4 Å². The standard InChI is InChI=1S/C19H20N2O4S/c1-13(2)18(14-8-4-3-5-9-14)20-17(22)12-21-19(23)15-10-6-7-11-16(15)26(21,24)25/h3-11,13,18H,12H2,1-2H3,(H,20,22). The van der Waals surface area contributed by atoms with Gasteiger partial charge in [-0.1, -0.05) is 56.3 Å². The van der Waals surface area contributed by atoms with Crippen molar-refractivity contribution in [2.45, 2.75) is 24.8 Å². The van der Waals surface area contributed by atoms with E-state index in [1.54, 1.807) is 12.1 Å². The predicted molar refractivity (Wildman–Crippen MR) is 96.8 cm³/mol. The highest BCUT2D eigenvalue weighted by atomic mass is 32.2. The maximum atomic E-state index is 12.5. The molecule has 1 N–H and O–H groups in total. The average Bonchev–Trinajstić information content (AvgIpc) is 2.81. The SMILES string of the molecule is CC(C)C(NC(=O)CN1C(=O)c2ccccc2S1(=O)=O)c1ccccc1. The third-order valence-corrected chi connectivity index (χ3v) is 6.13. The fourth-order valence-electron chi connectivity index (χ4n) is 3.03. The van der Waals surface area contributed by atoms with Crippen LogP contribution in [0.5, 0.6) is 0 Å². The van der Waals surface area contributed by atoms with Crippen molar-refractivity contribution in [1.29, 1.82) is 0 Å². The van der Waals surface area contributed by atoms with Gasteiger partial charge in [-0.3, -0.25) is 9.59 Å². The summed E-state index contributed by atoms with van der Waals surface area (Å²) >= 11 is 0. The lowest BCUT2D eigenvalue weighted by Crippen LogP contribution is -2.42. The van der Waals surface area contributed by atoms with E-state index in [-0.39, 0.29) is 22.4 Å². The second-order valence-electron chi connectivity index (χ2n) is 6.51. The normalized spacial score (nSPS) is 16.4. The van der Waals surface area contributed by atoms with Crippen LogP contribution in [-0.2, 0) is 14.8 Å². The van der Waals surface area contributed by atoms with E-state index in [0.717, 1.165) is 5.56 Å². The molecule has 0 radical (unpaired) electrons. The summed E-state index contributed by atoms with van der Waals surface area (Å²) in [6, 6.07) is 15.1. The number of rotatable bonds is 5. The first-order valence-electron chi connectivity index (χ1n) is 8.33. The lowest BCUT2D eigenvalue weighted by Gasteiger charge is -2.24. The third-order valence-electron chi connectivity index (χ3n) is 4.34. The van der Waals surface area contributed by atoms with E-state index in [0.29, 0.717) is 4.31 Å². The number of hydrogen-bond acceptors (Lipinski definition) is 4. The summed E-state index contributed by atoms with van der Waals surface area (Å²) in [6.07, 6.45) is 0. The van der Waals surface area contributed by atoms with E-state index >= 15 is 0 Å². The zero-order chi connectivity index (χ0) is 18.9. The molecule has 1 aliphatic rings. The largest absolute Gasteiger partial charge is 0.347 e. The molecule has 1 aliphatic heterocycles. The van der Waals surface area contributed by atoms with Gasteiger partial charge in [0.05, 0.1) is 11.6 Å². The van der Waals surface area contributed by atoms with Crippen LogP contribution in [0.3, 0.4) is 0 Å². The first-order valence-corrected chi connectivity index (χ1v) is 9.77. The average molecular weight is 372 g/mol. The van der Waals surface area contributed by atoms with Crippen molar-refractivity contribution in [1.82, 2.24) is 9.62 Å². The number of benzene rings is 2. The maximum Gasteiger partial charge on any atom is 0.269 e. The first-order chi connectivity index (χ1) is 12.3. The minimum Gasteiger partial charge on any atom is -0.347 e. The molecule has 0 saturated carbocycles. The van der Waals surface area contributed by atoms with Crippen LogP contribution in [0, 0.1) is 5.92 Å². The van der Waals surface area contributed by atoms with Crippen LogP contribution >= 0.6 is 0 Å². The van der Waals surface area contributed by atoms with Crippen molar-refractivity contribution in [3.63, 3.8) is 0 Å². The van der Waals surface area contributed by atoms with Crippen molar-refractivity contribution in [2.75, 3.05) is 6.54 Å². The Morgan fingerprint density at radius 1 is 1.04 bits per heavy atom. The summed E-state index contributed by atoms with van der Waals surface area (Å²) in [7, 11) is -3.99. The van der Waals surface area contributed by atoms with Gasteiger partial charge in [0.15, 0.2) is 0 Å². The van der Waals surface area contributed by atoms with Crippen LogP contribution in [0.25, 0.3) is 0 Å². The highest BCUT2D eigenvalue weighted by molar-refractivity contribution is 7.90. The van der Waals surface area contributed by atoms with Crippen molar-refractivity contribution in [2.24, 2.45) is 5.92 Å². The summed E-state index contributed by atoms with van der Waals surface area (Å²) in [6.45, 7) is 3.39. The number of amides is 2. The van der Waals surface area contributed by atoms with Crippen molar-refractivity contribution in [3.05, 3.63) is 65.7 Å². The molecule has 0 fully saturated rings. The highest BCUT2D eigenvalue weighted by Gasteiger charge is 2.42. The number of carbonyl (C=O) groups excluding carboxylic acids is 2. The van der Waals surface area contributed by atoms with Gasteiger partial charge in [0.1, 0.15) is 11.4 Å². The number of fused-ring (bicyclic) bond motifs is 1. The van der Waals surface area contributed by atoms with Gasteiger partial charge < -0.3 is 5.32 Å². The van der Waals surface area contributed by atoms with E-state index in [2.05, 4.69) is 5.32 Å². The van der Waals surface area contributed by atoms with Gasteiger partial charge in [0.2, 0.25) is 5.91 Å². The summed E-state index contributed by atoms with van der Waals surface area (Å²) < 4.78 is 25.7. The molecule has 1 heterocycles. The molecule has 0 aromatic heterocycles. The molecule has 0 bridgehead atoms. The minimum atomic E-state index is -3.99. The van der Waals surface area contributed by atoms with Crippen LogP contribution in [0.15, 0.2) is 59.5 Å². The molecule has 6 nitrogen and oxygen atoms in total. The quantitative estimate of drug-likeness (QED) is 0.873. The van der Waals surface area contributed by atoms with Gasteiger partial charge in [-0.15, -0.1) is 0 Å². The molecular formula is C19H20N2O4S. The molecule has 1 unspecified atom stereocenters. The van der Waals surface area contributed by atoms with E-state index in [4.69, 9.17) is 0 Å². The van der Waals surface area contributed by atoms with Crippen LogP contribution < -0.4 is 5.32 Å². The molecule has 7 heteroatoms. The molecule has 26 heavy (non-hydrogen) atoms. The molecule has 0 spiro atoms. The summed E-state index contributed by atoms with van der Waals surface area (Å²) in [4.78, 5) is 24.9. The molecular weight excluding hydrogens is 352 g/mol. The lowest BCUT2D eigenvalue weighted by molar-refractivity contribution is -0.122. The van der Waals surface area contributed by atoms with Crippen LogP contribution in [0.1, 0.15) is 35.8 Å². The Bertz CT molecular complexity index is 939. The number of nitrogens with one attached hydrogen (secondary N) is 1. The highest BCUT2D eigenvalue weighted by Crippen LogP contribution is 2.29. The predicted octanol–water partition coefficient (Wildman–Crippen LogP) is 2.34. The van der Waals surface area contributed by atoms with Crippen LogP contribution in [0.4, 0.5) is 0 Å². The second-order valence-corrected chi connectivity index (χ2v) is 8.34. The van der Waals surface area contributed by atoms with E-state index in [9.17, 15) is 18.0 Å². The number of nitrogens with zero attached hydrogens (tertiary/aromatic N) is 1. The molecule has 136 valence electrons.